The minimum atomic E-state index is -1.10. The molecule has 1 fully saturated rings. The van der Waals surface area contributed by atoms with Crippen LogP contribution in [0.1, 0.15) is 54.0 Å². The largest absolute Gasteiger partial charge is 0.481 e. The van der Waals surface area contributed by atoms with Crippen LogP contribution < -0.4 is 16.6 Å². The van der Waals surface area contributed by atoms with Gasteiger partial charge < -0.3 is 20.7 Å². The molecule has 1 amide bonds. The van der Waals surface area contributed by atoms with Gasteiger partial charge in [0, 0.05) is 39.6 Å². The molecule has 3 rings (SSSR count). The summed E-state index contributed by atoms with van der Waals surface area (Å²) in [6, 6.07) is 9.93. The third-order valence-corrected chi connectivity index (χ3v) is 7.35. The number of nitrogens with zero attached hydrogens (tertiary/aromatic N) is 3. The minimum absolute atomic E-state index is 0.122. The molecule has 190 valence electrons. The first-order chi connectivity index (χ1) is 16.3. The van der Waals surface area contributed by atoms with Gasteiger partial charge in [-0.2, -0.15) is 0 Å². The topological polar surface area (TPSA) is 116 Å². The number of hydrogen-bond donors (Lipinski definition) is 3. The maximum Gasteiger partial charge on any atom is 0.310 e. The Morgan fingerprint density at radius 2 is 1.89 bits per heavy atom. The number of carbonyl (C=O) groups is 2. The van der Waals surface area contributed by atoms with Crippen LogP contribution in [0.15, 0.2) is 30.3 Å². The molecule has 2 aromatic carbocycles. The number of amides is 1. The first-order valence-corrected chi connectivity index (χ1v) is 12.0. The molecule has 5 N–H and O–H groups in total. The zero-order valence-corrected chi connectivity index (χ0v) is 21.8. The van der Waals surface area contributed by atoms with E-state index in [0.717, 1.165) is 47.3 Å². The average molecular weight is 482 g/mol. The third kappa shape index (κ3) is 5.44. The number of hydrogen-bond acceptors (Lipinski definition) is 6. The number of nitrogens with two attached hydrogens (primary N) is 2. The molecule has 1 atom stereocenters. The molecule has 0 aliphatic carbocycles. The standard InChI is InChI=1S/C27H39N5O3/c1-17-8-9-19(14-20(17)15-32-13-7-12-30(5)23(33)16-32)24(27(3,4)26(34)35)21-10-11-22(31(6)29)25(28)18(21)2/h8-11,14,24H,7,12-13,15-16,28-29H2,1-6H3,(H,34,35). The highest BCUT2D eigenvalue weighted by Crippen LogP contribution is 2.45. The lowest BCUT2D eigenvalue weighted by Gasteiger charge is -2.34. The van der Waals surface area contributed by atoms with Crippen molar-refractivity contribution >= 4 is 23.3 Å². The van der Waals surface area contributed by atoms with E-state index in [4.69, 9.17) is 11.6 Å². The summed E-state index contributed by atoms with van der Waals surface area (Å²) in [6.45, 7) is 10.1. The molecule has 0 saturated carbocycles. The highest BCUT2D eigenvalue weighted by atomic mass is 16.4. The number of nitrogen functional groups attached to an aromatic ring is 1. The predicted molar refractivity (Wildman–Crippen MR) is 140 cm³/mol. The summed E-state index contributed by atoms with van der Waals surface area (Å²) in [5, 5.41) is 11.7. The lowest BCUT2D eigenvalue weighted by atomic mass is 9.69. The summed E-state index contributed by atoms with van der Waals surface area (Å²) in [4.78, 5) is 28.8. The molecule has 8 nitrogen and oxygen atoms in total. The molecule has 8 heteroatoms. The summed E-state index contributed by atoms with van der Waals surface area (Å²) in [5.41, 5.74) is 11.4. The lowest BCUT2D eigenvalue weighted by molar-refractivity contribution is -0.147. The van der Waals surface area contributed by atoms with E-state index >= 15 is 0 Å². The Labute approximate surface area is 208 Å². The number of aryl methyl sites for hydroxylation is 1. The Hall–Kier alpha value is -3.10. The zero-order chi connectivity index (χ0) is 26.1. The number of rotatable bonds is 7. The molecule has 1 saturated heterocycles. The molecule has 0 spiro atoms. The van der Waals surface area contributed by atoms with Crippen LogP contribution >= 0.6 is 0 Å². The van der Waals surface area contributed by atoms with E-state index in [1.807, 2.05) is 38.2 Å². The SMILES string of the molecule is Cc1ccc(C(c2ccc(N(C)N)c(N)c2C)C(C)(C)C(=O)O)cc1CN1CCCN(C)C(=O)C1. The van der Waals surface area contributed by atoms with Gasteiger partial charge in [0.2, 0.25) is 5.91 Å². The normalized spacial score (nSPS) is 16.2. The van der Waals surface area contributed by atoms with Crippen LogP contribution in [0, 0.1) is 19.3 Å². The van der Waals surface area contributed by atoms with Crippen LogP contribution in [0.4, 0.5) is 11.4 Å². The Balaban J connectivity index is 2.08. The van der Waals surface area contributed by atoms with Crippen molar-refractivity contribution in [1.82, 2.24) is 9.80 Å². The molecule has 0 bridgehead atoms. The van der Waals surface area contributed by atoms with Gasteiger partial charge in [0.1, 0.15) is 0 Å². The minimum Gasteiger partial charge on any atom is -0.481 e. The van der Waals surface area contributed by atoms with Gasteiger partial charge in [0.15, 0.2) is 0 Å². The zero-order valence-electron chi connectivity index (χ0n) is 21.8. The van der Waals surface area contributed by atoms with Gasteiger partial charge in [-0.15, -0.1) is 0 Å². The fourth-order valence-corrected chi connectivity index (χ4v) is 4.92. The highest BCUT2D eigenvalue weighted by molar-refractivity contribution is 5.79. The van der Waals surface area contributed by atoms with Crippen LogP contribution in [-0.4, -0.2) is 60.5 Å². The van der Waals surface area contributed by atoms with Crippen molar-refractivity contribution in [3.8, 4) is 0 Å². The van der Waals surface area contributed by atoms with Crippen molar-refractivity contribution < 1.29 is 14.7 Å². The molecule has 2 aromatic rings. The van der Waals surface area contributed by atoms with E-state index in [1.165, 1.54) is 5.01 Å². The number of anilines is 2. The molecule has 35 heavy (non-hydrogen) atoms. The summed E-state index contributed by atoms with van der Waals surface area (Å²) >= 11 is 0. The monoisotopic (exact) mass is 481 g/mol. The lowest BCUT2D eigenvalue weighted by Crippen LogP contribution is -2.34. The van der Waals surface area contributed by atoms with Gasteiger partial charge in [0.05, 0.1) is 23.3 Å². The number of carboxylic acids is 1. The summed E-state index contributed by atoms with van der Waals surface area (Å²) in [7, 11) is 3.57. The van der Waals surface area contributed by atoms with Crippen LogP contribution in [0.3, 0.4) is 0 Å². The second kappa shape index (κ2) is 10.3. The van der Waals surface area contributed by atoms with E-state index in [9.17, 15) is 14.7 Å². The van der Waals surface area contributed by atoms with Gasteiger partial charge in [-0.1, -0.05) is 24.3 Å². The summed E-state index contributed by atoms with van der Waals surface area (Å²) in [6.07, 6.45) is 0.927. The summed E-state index contributed by atoms with van der Waals surface area (Å²) < 4.78 is 0. The van der Waals surface area contributed by atoms with Crippen LogP contribution in [0.2, 0.25) is 0 Å². The molecule has 0 aromatic heterocycles. The Bertz CT molecular complexity index is 1110. The Morgan fingerprint density at radius 1 is 1.20 bits per heavy atom. The summed E-state index contributed by atoms with van der Waals surface area (Å²) in [5.74, 6) is 4.74. The number of carboxylic acid groups (broad SMARTS) is 1. The number of benzene rings is 2. The van der Waals surface area contributed by atoms with Gasteiger partial charge in [-0.25, -0.2) is 5.84 Å². The molecular formula is C27H39N5O3. The number of hydrazine groups is 1. The molecule has 0 radical (unpaired) electrons. The maximum absolute atomic E-state index is 12.4. The van der Waals surface area contributed by atoms with E-state index in [0.29, 0.717) is 24.5 Å². The first kappa shape index (κ1) is 26.5. The quantitative estimate of drug-likeness (QED) is 0.316. The van der Waals surface area contributed by atoms with Crippen LogP contribution in [0.25, 0.3) is 0 Å². The predicted octanol–water partition coefficient (Wildman–Crippen LogP) is 3.10. The second-order valence-corrected chi connectivity index (χ2v) is 10.3. The fraction of sp³-hybridized carbons (Fsp3) is 0.481. The third-order valence-electron chi connectivity index (χ3n) is 7.35. The number of likely N-dealkylation sites (N-methyl/N-ethyl adjacent to an activating group) is 1. The number of carbonyl (C=O) groups excluding carboxylic acids is 1. The van der Waals surface area contributed by atoms with Crippen LogP contribution in [-0.2, 0) is 16.1 Å². The van der Waals surface area contributed by atoms with Crippen molar-refractivity contribution in [3.63, 3.8) is 0 Å². The Kier molecular flexibility index (Phi) is 7.77. The van der Waals surface area contributed by atoms with Gasteiger partial charge in [0.25, 0.3) is 0 Å². The van der Waals surface area contributed by atoms with Crippen LogP contribution in [0.5, 0.6) is 0 Å². The van der Waals surface area contributed by atoms with Gasteiger partial charge in [-0.05, 0) is 68.0 Å². The van der Waals surface area contributed by atoms with E-state index in [2.05, 4.69) is 17.9 Å². The number of aliphatic carboxylic acids is 1. The van der Waals surface area contributed by atoms with Crippen molar-refractivity contribution in [2.75, 3.05) is 44.5 Å². The van der Waals surface area contributed by atoms with Crippen molar-refractivity contribution in [1.29, 1.82) is 0 Å². The second-order valence-electron chi connectivity index (χ2n) is 10.3. The Morgan fingerprint density at radius 3 is 2.51 bits per heavy atom. The van der Waals surface area contributed by atoms with E-state index < -0.39 is 17.3 Å². The van der Waals surface area contributed by atoms with E-state index in [-0.39, 0.29) is 5.91 Å². The first-order valence-electron chi connectivity index (χ1n) is 12.0. The van der Waals surface area contributed by atoms with Crippen molar-refractivity contribution in [3.05, 3.63) is 58.1 Å². The van der Waals surface area contributed by atoms with E-state index in [1.54, 1.807) is 25.8 Å². The fourth-order valence-electron chi connectivity index (χ4n) is 4.92. The average Bonchev–Trinajstić information content (AvgIpc) is 2.93. The maximum atomic E-state index is 12.4. The molecule has 1 aliphatic rings. The molecule has 1 heterocycles. The van der Waals surface area contributed by atoms with Gasteiger partial charge >= 0.3 is 5.97 Å². The molecular weight excluding hydrogens is 442 g/mol. The molecule has 1 aliphatic heterocycles. The van der Waals surface area contributed by atoms with Crippen molar-refractivity contribution in [2.45, 2.75) is 46.6 Å². The smallest absolute Gasteiger partial charge is 0.310 e. The van der Waals surface area contributed by atoms with Crippen molar-refractivity contribution in [2.24, 2.45) is 11.3 Å². The molecule has 1 unspecified atom stereocenters. The van der Waals surface area contributed by atoms with Gasteiger partial charge in [-0.3, -0.25) is 14.5 Å². The highest BCUT2D eigenvalue weighted by Gasteiger charge is 2.40.